The number of aromatic nitrogens is 3. The Bertz CT molecular complexity index is 911. The Kier molecular flexibility index (Phi) is 4.15. The largest absolute Gasteiger partial charge is 0.324 e. The van der Waals surface area contributed by atoms with Crippen LogP contribution in [0.2, 0.25) is 0 Å². The normalized spacial score (nSPS) is 10.4. The van der Waals surface area contributed by atoms with Gasteiger partial charge in [-0.05, 0) is 37.1 Å². The van der Waals surface area contributed by atoms with Crippen molar-refractivity contribution in [3.8, 4) is 11.3 Å². The number of nitrogens with one attached hydrogen (secondary N) is 1. The van der Waals surface area contributed by atoms with Crippen LogP contribution in [0.1, 0.15) is 11.1 Å². The van der Waals surface area contributed by atoms with E-state index < -0.39 is 4.92 Å². The van der Waals surface area contributed by atoms with Crippen molar-refractivity contribution < 1.29 is 4.92 Å². The molecule has 0 amide bonds. The Morgan fingerprint density at radius 2 is 1.96 bits per heavy atom. The summed E-state index contributed by atoms with van der Waals surface area (Å²) in [5, 5.41) is 14.0. The fourth-order valence-electron chi connectivity index (χ4n) is 2.25. The van der Waals surface area contributed by atoms with Crippen LogP contribution in [-0.2, 0) is 0 Å². The van der Waals surface area contributed by atoms with Gasteiger partial charge in [0.25, 0.3) is 5.69 Å². The van der Waals surface area contributed by atoms with E-state index in [1.54, 1.807) is 30.7 Å². The van der Waals surface area contributed by atoms with Gasteiger partial charge >= 0.3 is 0 Å². The molecule has 0 unspecified atom stereocenters. The third-order valence-corrected chi connectivity index (χ3v) is 3.50. The van der Waals surface area contributed by atoms with E-state index in [0.29, 0.717) is 11.6 Å². The Labute approximate surface area is 138 Å². The van der Waals surface area contributed by atoms with Gasteiger partial charge in [-0.3, -0.25) is 15.1 Å². The molecule has 1 N–H and O–H groups in total. The van der Waals surface area contributed by atoms with Crippen LogP contribution in [-0.4, -0.2) is 19.9 Å². The second-order valence-electron chi connectivity index (χ2n) is 5.40. The topological polar surface area (TPSA) is 93.8 Å². The number of non-ortho nitro benzene ring substituents is 1. The molecule has 0 bridgehead atoms. The molecule has 7 nitrogen and oxygen atoms in total. The molecular formula is C17H15N5O2. The van der Waals surface area contributed by atoms with E-state index in [2.05, 4.69) is 20.3 Å². The molecule has 0 aliphatic carbocycles. The van der Waals surface area contributed by atoms with E-state index in [0.717, 1.165) is 22.4 Å². The third-order valence-electron chi connectivity index (χ3n) is 3.50. The number of nitro benzene ring substituents is 1. The molecule has 24 heavy (non-hydrogen) atoms. The van der Waals surface area contributed by atoms with Crippen molar-refractivity contribution in [2.45, 2.75) is 13.8 Å². The monoisotopic (exact) mass is 321 g/mol. The average Bonchev–Trinajstić information content (AvgIpc) is 2.57. The van der Waals surface area contributed by atoms with Crippen molar-refractivity contribution in [1.82, 2.24) is 15.0 Å². The van der Waals surface area contributed by atoms with Crippen molar-refractivity contribution in [1.29, 1.82) is 0 Å². The van der Waals surface area contributed by atoms with Crippen molar-refractivity contribution >= 4 is 17.3 Å². The molecule has 0 saturated carbocycles. The Morgan fingerprint density at radius 1 is 1.12 bits per heavy atom. The summed E-state index contributed by atoms with van der Waals surface area (Å²) >= 11 is 0. The second-order valence-corrected chi connectivity index (χ2v) is 5.40. The molecule has 0 aliphatic heterocycles. The highest BCUT2D eigenvalue weighted by Crippen LogP contribution is 2.25. The number of aryl methyl sites for hydroxylation is 2. The Balaban J connectivity index is 1.93. The van der Waals surface area contributed by atoms with Gasteiger partial charge < -0.3 is 5.32 Å². The van der Waals surface area contributed by atoms with Crippen LogP contribution in [0.5, 0.6) is 0 Å². The van der Waals surface area contributed by atoms with E-state index in [1.165, 1.54) is 12.1 Å². The first-order valence-corrected chi connectivity index (χ1v) is 7.30. The fraction of sp³-hybridized carbons (Fsp3) is 0.118. The number of benzene rings is 1. The van der Waals surface area contributed by atoms with Gasteiger partial charge in [-0.25, -0.2) is 9.97 Å². The molecular weight excluding hydrogens is 306 g/mol. The lowest BCUT2D eigenvalue weighted by atomic mass is 10.1. The van der Waals surface area contributed by atoms with Crippen LogP contribution < -0.4 is 5.32 Å². The summed E-state index contributed by atoms with van der Waals surface area (Å²) in [7, 11) is 0. The summed E-state index contributed by atoms with van der Waals surface area (Å²) in [4.78, 5) is 23.3. The third kappa shape index (κ3) is 3.35. The maximum atomic E-state index is 10.9. The number of anilines is 2. The van der Waals surface area contributed by atoms with E-state index in [-0.39, 0.29) is 5.69 Å². The van der Waals surface area contributed by atoms with Gasteiger partial charge in [0.15, 0.2) is 0 Å². The zero-order valence-corrected chi connectivity index (χ0v) is 13.2. The van der Waals surface area contributed by atoms with Crippen LogP contribution in [0.4, 0.5) is 17.3 Å². The molecule has 7 heteroatoms. The number of pyridine rings is 1. The minimum Gasteiger partial charge on any atom is -0.324 e. The van der Waals surface area contributed by atoms with Crippen LogP contribution in [0, 0.1) is 24.0 Å². The SMILES string of the molecule is Cc1cncc(-c2ccnc(Nc3cc([N+](=O)[O-])ccc3C)n2)c1. The van der Waals surface area contributed by atoms with Crippen LogP contribution in [0.3, 0.4) is 0 Å². The zero-order chi connectivity index (χ0) is 17.1. The first-order chi connectivity index (χ1) is 11.5. The fourth-order valence-corrected chi connectivity index (χ4v) is 2.25. The minimum atomic E-state index is -0.430. The predicted molar refractivity (Wildman–Crippen MR) is 91.1 cm³/mol. The Morgan fingerprint density at radius 3 is 2.71 bits per heavy atom. The maximum Gasteiger partial charge on any atom is 0.271 e. The number of nitro groups is 1. The van der Waals surface area contributed by atoms with Crippen molar-refractivity contribution in [2.24, 2.45) is 0 Å². The summed E-state index contributed by atoms with van der Waals surface area (Å²) in [5.74, 6) is 0.373. The highest BCUT2D eigenvalue weighted by Gasteiger charge is 2.10. The van der Waals surface area contributed by atoms with Crippen LogP contribution in [0.15, 0.2) is 48.9 Å². The van der Waals surface area contributed by atoms with Gasteiger partial charge in [-0.15, -0.1) is 0 Å². The molecule has 3 rings (SSSR count). The van der Waals surface area contributed by atoms with Gasteiger partial charge in [0.2, 0.25) is 5.95 Å². The summed E-state index contributed by atoms with van der Waals surface area (Å²) < 4.78 is 0. The molecule has 120 valence electrons. The summed E-state index contributed by atoms with van der Waals surface area (Å²) in [5.41, 5.74) is 4.14. The summed E-state index contributed by atoms with van der Waals surface area (Å²) in [6.45, 7) is 3.82. The van der Waals surface area contributed by atoms with Crippen molar-refractivity contribution in [2.75, 3.05) is 5.32 Å². The van der Waals surface area contributed by atoms with E-state index in [4.69, 9.17) is 0 Å². The van der Waals surface area contributed by atoms with Gasteiger partial charge in [-0.2, -0.15) is 0 Å². The number of rotatable bonds is 4. The van der Waals surface area contributed by atoms with Gasteiger partial charge in [-0.1, -0.05) is 6.07 Å². The number of hydrogen-bond acceptors (Lipinski definition) is 6. The Hall–Kier alpha value is -3.35. The molecule has 0 saturated heterocycles. The maximum absolute atomic E-state index is 10.9. The first-order valence-electron chi connectivity index (χ1n) is 7.30. The quantitative estimate of drug-likeness (QED) is 0.580. The molecule has 3 aromatic rings. The van der Waals surface area contributed by atoms with Crippen LogP contribution in [0.25, 0.3) is 11.3 Å². The summed E-state index contributed by atoms with van der Waals surface area (Å²) in [6, 6.07) is 8.41. The number of hydrogen-bond donors (Lipinski definition) is 1. The van der Waals surface area contributed by atoms with Gasteiger partial charge in [0.05, 0.1) is 16.3 Å². The van der Waals surface area contributed by atoms with Crippen LogP contribution >= 0.6 is 0 Å². The van der Waals surface area contributed by atoms with Crippen molar-refractivity contribution in [3.05, 3.63) is 70.2 Å². The van der Waals surface area contributed by atoms with Gasteiger partial charge in [0.1, 0.15) is 0 Å². The summed E-state index contributed by atoms with van der Waals surface area (Å²) in [6.07, 6.45) is 5.15. The molecule has 0 spiro atoms. The lowest BCUT2D eigenvalue weighted by molar-refractivity contribution is -0.384. The predicted octanol–water partition coefficient (Wildman–Crippen LogP) is 3.81. The molecule has 0 fully saturated rings. The average molecular weight is 321 g/mol. The molecule has 0 radical (unpaired) electrons. The van der Waals surface area contributed by atoms with Crippen molar-refractivity contribution in [3.63, 3.8) is 0 Å². The molecule has 2 aromatic heterocycles. The van der Waals surface area contributed by atoms with Gasteiger partial charge in [0, 0.05) is 36.3 Å². The standard InChI is InChI=1S/C17H15N5O2/c1-11-7-13(10-18-9-11)15-5-6-19-17(20-15)21-16-8-14(22(23)24)4-3-12(16)2/h3-10H,1-2H3,(H,19,20,21). The van der Waals surface area contributed by atoms with E-state index in [1.807, 2.05) is 19.9 Å². The minimum absolute atomic E-state index is 0.0159. The molecule has 1 aromatic carbocycles. The number of nitrogens with zero attached hydrogens (tertiary/aromatic N) is 4. The second kappa shape index (κ2) is 6.41. The lowest BCUT2D eigenvalue weighted by Crippen LogP contribution is -2.00. The highest BCUT2D eigenvalue weighted by atomic mass is 16.6. The molecule has 2 heterocycles. The molecule has 0 atom stereocenters. The zero-order valence-electron chi connectivity index (χ0n) is 13.2. The lowest BCUT2D eigenvalue weighted by Gasteiger charge is -2.09. The molecule has 0 aliphatic rings. The van der Waals surface area contributed by atoms with E-state index in [9.17, 15) is 10.1 Å². The first kappa shape index (κ1) is 15.5. The van der Waals surface area contributed by atoms with E-state index >= 15 is 0 Å². The smallest absolute Gasteiger partial charge is 0.271 e. The highest BCUT2D eigenvalue weighted by molar-refractivity contribution is 5.65.